The van der Waals surface area contributed by atoms with E-state index in [2.05, 4.69) is 11.9 Å². The number of nitrogens with two attached hydrogens (primary N) is 1. The first kappa shape index (κ1) is 12.1. The van der Waals surface area contributed by atoms with Crippen molar-refractivity contribution in [3.05, 3.63) is 0 Å². The summed E-state index contributed by atoms with van der Waals surface area (Å²) in [6.45, 7) is 2.73. The van der Waals surface area contributed by atoms with Crippen molar-refractivity contribution >= 4 is 7.85 Å². The largest absolute Gasteiger partial charge is 0.331 e. The Balaban J connectivity index is 2.14. The van der Waals surface area contributed by atoms with Gasteiger partial charge in [0.05, 0.1) is 7.85 Å². The predicted octanol–water partition coefficient (Wildman–Crippen LogP) is 1.41. The summed E-state index contributed by atoms with van der Waals surface area (Å²) < 4.78 is 0. The van der Waals surface area contributed by atoms with Gasteiger partial charge in [0, 0.05) is 6.54 Å². The molecule has 0 aromatic rings. The summed E-state index contributed by atoms with van der Waals surface area (Å²) in [5.74, 6) is 1.04. The van der Waals surface area contributed by atoms with Crippen LogP contribution in [0.5, 0.6) is 0 Å². The van der Waals surface area contributed by atoms with Gasteiger partial charge in [0.25, 0.3) is 0 Å². The minimum Gasteiger partial charge on any atom is -0.331 e. The number of hydrogen-bond donors (Lipinski definition) is 1. The van der Waals surface area contributed by atoms with Gasteiger partial charge in [0.15, 0.2) is 0 Å². The zero-order valence-electron chi connectivity index (χ0n) is 9.41. The highest BCUT2D eigenvalue weighted by Gasteiger charge is 2.15. The van der Waals surface area contributed by atoms with E-state index in [9.17, 15) is 0 Å². The Hall–Kier alpha value is -0.0151. The lowest BCUT2D eigenvalue weighted by atomic mass is 9.86. The fourth-order valence-electron chi connectivity index (χ4n) is 2.36. The smallest absolute Gasteiger partial charge is 0.0734 e. The third-order valence-electron chi connectivity index (χ3n) is 3.14. The summed E-state index contributed by atoms with van der Waals surface area (Å²) in [6, 6.07) is 0. The minimum absolute atomic E-state index is 0.142. The van der Waals surface area contributed by atoms with Crippen LogP contribution in [-0.4, -0.2) is 39.4 Å². The molecule has 2 radical (unpaired) electrons. The normalized spacial score (nSPS) is 21.4. The molecule has 2 N–H and O–H groups in total. The van der Waals surface area contributed by atoms with E-state index in [-0.39, 0.29) is 5.82 Å². The van der Waals surface area contributed by atoms with Crippen LogP contribution < -0.4 is 5.73 Å². The maximum absolute atomic E-state index is 5.81. The van der Waals surface area contributed by atoms with Crippen LogP contribution in [-0.2, 0) is 0 Å². The highest BCUT2D eigenvalue weighted by molar-refractivity contribution is 6.12. The van der Waals surface area contributed by atoms with Gasteiger partial charge in [-0.15, -0.1) is 0 Å². The van der Waals surface area contributed by atoms with Gasteiger partial charge in [-0.3, -0.25) is 0 Å². The van der Waals surface area contributed by atoms with E-state index in [1.165, 1.54) is 38.6 Å². The van der Waals surface area contributed by atoms with Gasteiger partial charge < -0.3 is 10.6 Å². The molecular weight excluding hydrogens is 171 g/mol. The van der Waals surface area contributed by atoms with Crippen molar-refractivity contribution in [2.45, 2.75) is 37.9 Å². The van der Waals surface area contributed by atoms with Crippen LogP contribution in [0.1, 0.15) is 32.1 Å². The van der Waals surface area contributed by atoms with E-state index >= 15 is 0 Å². The highest BCUT2D eigenvalue weighted by Crippen LogP contribution is 2.24. The molecule has 1 aliphatic rings. The van der Waals surface area contributed by atoms with Crippen molar-refractivity contribution in [2.75, 3.05) is 26.7 Å². The molecule has 0 amide bonds. The third-order valence-corrected chi connectivity index (χ3v) is 3.14. The van der Waals surface area contributed by atoms with Crippen molar-refractivity contribution in [3.63, 3.8) is 0 Å². The zero-order chi connectivity index (χ0) is 10.4. The molecule has 1 fully saturated rings. The molecule has 80 valence electrons. The minimum atomic E-state index is 0.142. The standard InChI is InChI=1S/C11H23BN2/c1-14(9-11(12)7-13)8-10-5-3-2-4-6-10/h10-11H,2-9,13H2,1H3. The van der Waals surface area contributed by atoms with Crippen molar-refractivity contribution < 1.29 is 0 Å². The molecule has 1 rings (SSSR count). The van der Waals surface area contributed by atoms with Crippen LogP contribution in [0, 0.1) is 5.92 Å². The quantitative estimate of drug-likeness (QED) is 0.670. The summed E-state index contributed by atoms with van der Waals surface area (Å²) >= 11 is 0. The van der Waals surface area contributed by atoms with Crippen LogP contribution in [0.15, 0.2) is 0 Å². The molecule has 1 unspecified atom stereocenters. The molecule has 1 atom stereocenters. The first-order valence-corrected chi connectivity index (χ1v) is 5.86. The number of hydrogen-bond acceptors (Lipinski definition) is 2. The molecular formula is C11H23BN2. The van der Waals surface area contributed by atoms with Gasteiger partial charge >= 0.3 is 0 Å². The summed E-state index contributed by atoms with van der Waals surface area (Å²) in [6.07, 6.45) is 7.08. The van der Waals surface area contributed by atoms with Gasteiger partial charge in [-0.25, -0.2) is 0 Å². The van der Waals surface area contributed by atoms with Crippen LogP contribution in [0.25, 0.3) is 0 Å². The van der Waals surface area contributed by atoms with Gasteiger partial charge in [0.1, 0.15) is 0 Å². The molecule has 0 heterocycles. The number of rotatable bonds is 5. The molecule has 14 heavy (non-hydrogen) atoms. The summed E-state index contributed by atoms with van der Waals surface area (Å²) in [5, 5.41) is 0. The Bertz CT molecular complexity index is 146. The molecule has 0 spiro atoms. The molecule has 3 heteroatoms. The molecule has 2 nitrogen and oxygen atoms in total. The van der Waals surface area contributed by atoms with E-state index in [0.29, 0.717) is 6.54 Å². The Kier molecular flexibility index (Phi) is 5.57. The summed E-state index contributed by atoms with van der Waals surface area (Å²) in [7, 11) is 7.97. The Morgan fingerprint density at radius 3 is 2.57 bits per heavy atom. The number of nitrogens with zero attached hydrogens (tertiary/aromatic N) is 1. The Morgan fingerprint density at radius 2 is 2.00 bits per heavy atom. The lowest BCUT2D eigenvalue weighted by Crippen LogP contribution is -2.31. The first-order chi connectivity index (χ1) is 6.72. The molecule has 0 saturated heterocycles. The average Bonchev–Trinajstić information content (AvgIpc) is 2.19. The second-order valence-corrected chi connectivity index (χ2v) is 4.72. The van der Waals surface area contributed by atoms with Gasteiger partial charge in [0.2, 0.25) is 0 Å². The fourth-order valence-corrected chi connectivity index (χ4v) is 2.36. The summed E-state index contributed by atoms with van der Waals surface area (Å²) in [4.78, 5) is 2.34. The second-order valence-electron chi connectivity index (χ2n) is 4.72. The third kappa shape index (κ3) is 4.47. The average molecular weight is 194 g/mol. The molecule has 1 saturated carbocycles. The van der Waals surface area contributed by atoms with E-state index in [1.807, 2.05) is 0 Å². The van der Waals surface area contributed by atoms with Gasteiger partial charge in [-0.2, -0.15) is 0 Å². The monoisotopic (exact) mass is 194 g/mol. The van der Waals surface area contributed by atoms with Gasteiger partial charge in [-0.1, -0.05) is 25.1 Å². The second kappa shape index (κ2) is 6.47. The predicted molar refractivity (Wildman–Crippen MR) is 62.6 cm³/mol. The van der Waals surface area contributed by atoms with Crippen LogP contribution in [0.3, 0.4) is 0 Å². The van der Waals surface area contributed by atoms with Crippen LogP contribution in [0.2, 0.25) is 5.82 Å². The van der Waals surface area contributed by atoms with Crippen molar-refractivity contribution in [1.29, 1.82) is 0 Å². The first-order valence-electron chi connectivity index (χ1n) is 5.86. The summed E-state index contributed by atoms with van der Waals surface area (Å²) in [5.41, 5.74) is 5.50. The topological polar surface area (TPSA) is 29.3 Å². The van der Waals surface area contributed by atoms with Crippen LogP contribution in [0.4, 0.5) is 0 Å². The van der Waals surface area contributed by atoms with Crippen molar-refractivity contribution in [1.82, 2.24) is 4.90 Å². The van der Waals surface area contributed by atoms with Crippen LogP contribution >= 0.6 is 0 Å². The molecule has 0 aromatic heterocycles. The Labute approximate surface area is 89.6 Å². The maximum Gasteiger partial charge on any atom is 0.0734 e. The molecule has 0 bridgehead atoms. The van der Waals surface area contributed by atoms with E-state index in [4.69, 9.17) is 13.6 Å². The molecule has 1 aliphatic carbocycles. The maximum atomic E-state index is 5.81. The SMILES string of the molecule is [B]C(CN)CN(C)CC1CCCCC1. The van der Waals surface area contributed by atoms with E-state index < -0.39 is 0 Å². The zero-order valence-corrected chi connectivity index (χ0v) is 9.41. The van der Waals surface area contributed by atoms with Crippen molar-refractivity contribution in [3.8, 4) is 0 Å². The van der Waals surface area contributed by atoms with E-state index in [1.54, 1.807) is 0 Å². The van der Waals surface area contributed by atoms with Gasteiger partial charge in [-0.05, 0) is 38.9 Å². The van der Waals surface area contributed by atoms with Crippen molar-refractivity contribution in [2.24, 2.45) is 11.7 Å². The molecule has 0 aromatic carbocycles. The lowest BCUT2D eigenvalue weighted by molar-refractivity contribution is 0.233. The Morgan fingerprint density at radius 1 is 1.36 bits per heavy atom. The lowest BCUT2D eigenvalue weighted by Gasteiger charge is -2.28. The van der Waals surface area contributed by atoms with E-state index in [0.717, 1.165) is 12.5 Å². The fraction of sp³-hybridized carbons (Fsp3) is 1.00. The molecule has 0 aliphatic heterocycles. The highest BCUT2D eigenvalue weighted by atomic mass is 15.1.